The third kappa shape index (κ3) is 5.30. The minimum Gasteiger partial charge on any atom is -0.490 e. The maximum Gasteiger partial charge on any atom is 0.326 e. The zero-order chi connectivity index (χ0) is 25.1. The molecular formula is C29H31N3O4. The first kappa shape index (κ1) is 23.7. The molecular weight excluding hydrogens is 454 g/mol. The van der Waals surface area contributed by atoms with E-state index < -0.39 is 5.97 Å². The molecule has 1 fully saturated rings. The Bertz CT molecular complexity index is 1230. The molecule has 0 radical (unpaired) electrons. The van der Waals surface area contributed by atoms with Crippen LogP contribution in [-0.2, 0) is 4.79 Å². The average molecular weight is 486 g/mol. The second kappa shape index (κ2) is 10.3. The van der Waals surface area contributed by atoms with Crippen LogP contribution in [0.2, 0.25) is 0 Å². The zero-order valence-corrected chi connectivity index (χ0v) is 20.2. The number of nitrogens with one attached hydrogen (secondary N) is 1. The number of aliphatic carboxylic acids is 1. The summed E-state index contributed by atoms with van der Waals surface area (Å²) < 4.78 is 5.91. The first-order valence-corrected chi connectivity index (χ1v) is 12.5. The van der Waals surface area contributed by atoms with E-state index in [0.717, 1.165) is 42.5 Å². The number of carbonyl (C=O) groups is 2. The van der Waals surface area contributed by atoms with Gasteiger partial charge in [-0.3, -0.25) is 9.69 Å². The number of hydrogen-bond acceptors (Lipinski definition) is 4. The number of amides is 2. The fourth-order valence-corrected chi connectivity index (χ4v) is 5.26. The Morgan fingerprint density at radius 2 is 1.64 bits per heavy atom. The zero-order valence-electron chi connectivity index (χ0n) is 20.2. The number of nitrogens with two attached hydrogens (primary N) is 1. The number of benzene rings is 3. The summed E-state index contributed by atoms with van der Waals surface area (Å²) in [6, 6.07) is 21.4. The van der Waals surface area contributed by atoms with E-state index in [1.54, 1.807) is 29.2 Å². The molecule has 2 amide bonds. The maximum atomic E-state index is 12.9. The number of ether oxygens (including phenoxy) is 1. The van der Waals surface area contributed by atoms with Crippen LogP contribution in [0.4, 0.5) is 21.9 Å². The Morgan fingerprint density at radius 3 is 2.33 bits per heavy atom. The van der Waals surface area contributed by atoms with Gasteiger partial charge < -0.3 is 20.9 Å². The van der Waals surface area contributed by atoms with Crippen molar-refractivity contribution in [2.45, 2.75) is 38.0 Å². The van der Waals surface area contributed by atoms with Crippen molar-refractivity contribution in [1.82, 2.24) is 0 Å². The van der Waals surface area contributed by atoms with E-state index >= 15 is 0 Å². The highest BCUT2D eigenvalue weighted by atomic mass is 16.5. The monoisotopic (exact) mass is 485 g/mol. The van der Waals surface area contributed by atoms with E-state index in [0.29, 0.717) is 42.1 Å². The molecule has 186 valence electrons. The lowest BCUT2D eigenvalue weighted by Crippen LogP contribution is -2.40. The van der Waals surface area contributed by atoms with Crippen molar-refractivity contribution in [3.05, 3.63) is 72.3 Å². The number of carboxylic acids is 1. The van der Waals surface area contributed by atoms with Crippen LogP contribution >= 0.6 is 0 Å². The molecule has 0 aromatic heterocycles. The summed E-state index contributed by atoms with van der Waals surface area (Å²) in [5.74, 6) is 0.792. The highest BCUT2D eigenvalue weighted by Gasteiger charge is 2.25. The number of fused-ring (bicyclic) bond motifs is 1. The van der Waals surface area contributed by atoms with Crippen molar-refractivity contribution in [3.8, 4) is 16.9 Å². The normalized spacial score (nSPS) is 19.2. The van der Waals surface area contributed by atoms with Crippen LogP contribution in [0.15, 0.2) is 66.7 Å². The van der Waals surface area contributed by atoms with E-state index in [9.17, 15) is 9.59 Å². The molecule has 0 spiro atoms. The van der Waals surface area contributed by atoms with Gasteiger partial charge in [0.1, 0.15) is 12.4 Å². The van der Waals surface area contributed by atoms with E-state index in [1.807, 2.05) is 18.2 Å². The lowest BCUT2D eigenvalue weighted by Gasteiger charge is -2.30. The van der Waals surface area contributed by atoms with Crippen molar-refractivity contribution in [2.75, 3.05) is 29.1 Å². The van der Waals surface area contributed by atoms with Crippen molar-refractivity contribution in [2.24, 2.45) is 5.92 Å². The van der Waals surface area contributed by atoms with E-state index in [4.69, 9.17) is 15.6 Å². The van der Waals surface area contributed by atoms with Crippen molar-refractivity contribution < 1.29 is 19.4 Å². The van der Waals surface area contributed by atoms with Crippen LogP contribution in [0.25, 0.3) is 11.1 Å². The molecule has 4 N–H and O–H groups in total. The van der Waals surface area contributed by atoms with Gasteiger partial charge in [-0.25, -0.2) is 4.79 Å². The van der Waals surface area contributed by atoms with Gasteiger partial charge in [0.25, 0.3) is 0 Å². The van der Waals surface area contributed by atoms with E-state index in [-0.39, 0.29) is 12.5 Å². The molecule has 1 saturated carbocycles. The maximum absolute atomic E-state index is 12.9. The summed E-state index contributed by atoms with van der Waals surface area (Å²) in [5, 5.41) is 12.0. The fourth-order valence-electron chi connectivity index (χ4n) is 5.26. The average Bonchev–Trinajstić information content (AvgIpc) is 2.89. The predicted molar refractivity (Wildman–Crippen MR) is 142 cm³/mol. The Balaban J connectivity index is 1.26. The van der Waals surface area contributed by atoms with Gasteiger partial charge in [-0.1, -0.05) is 30.3 Å². The predicted octanol–water partition coefficient (Wildman–Crippen LogP) is 6.12. The second-order valence-corrected chi connectivity index (χ2v) is 9.67. The molecule has 1 aliphatic carbocycles. The van der Waals surface area contributed by atoms with Gasteiger partial charge in [-0.2, -0.15) is 0 Å². The number of hydrogen-bond donors (Lipinski definition) is 3. The van der Waals surface area contributed by atoms with Crippen LogP contribution in [0, 0.1) is 5.92 Å². The quantitative estimate of drug-likeness (QED) is 0.378. The number of nitrogen functional groups attached to an aromatic ring is 1. The minimum absolute atomic E-state index is 0.209. The molecule has 2 aliphatic rings. The summed E-state index contributed by atoms with van der Waals surface area (Å²) in [6.07, 6.45) is 4.32. The summed E-state index contributed by atoms with van der Waals surface area (Å²) in [5.41, 5.74) is 11.2. The van der Waals surface area contributed by atoms with Crippen LogP contribution in [0.5, 0.6) is 5.75 Å². The number of carbonyl (C=O) groups excluding carboxylic acids is 1. The largest absolute Gasteiger partial charge is 0.490 e. The van der Waals surface area contributed by atoms with Crippen molar-refractivity contribution >= 4 is 29.1 Å². The van der Waals surface area contributed by atoms with Crippen molar-refractivity contribution in [1.29, 1.82) is 0 Å². The molecule has 0 bridgehead atoms. The number of nitrogens with zero attached hydrogens (tertiary/aromatic N) is 1. The van der Waals surface area contributed by atoms with Gasteiger partial charge >= 0.3 is 12.0 Å². The topological polar surface area (TPSA) is 105 Å². The molecule has 36 heavy (non-hydrogen) atoms. The van der Waals surface area contributed by atoms with E-state index in [1.165, 1.54) is 5.56 Å². The van der Waals surface area contributed by atoms with Crippen LogP contribution in [0.1, 0.15) is 43.6 Å². The van der Waals surface area contributed by atoms with Crippen LogP contribution in [0.3, 0.4) is 0 Å². The highest BCUT2D eigenvalue weighted by Crippen LogP contribution is 2.39. The van der Waals surface area contributed by atoms with Crippen LogP contribution in [-0.4, -0.2) is 30.3 Å². The molecule has 3 aromatic carbocycles. The second-order valence-electron chi connectivity index (χ2n) is 9.67. The van der Waals surface area contributed by atoms with E-state index in [2.05, 4.69) is 29.6 Å². The fraction of sp³-hybridized carbons (Fsp3) is 0.310. The first-order valence-electron chi connectivity index (χ1n) is 12.5. The number of carboxylic acid groups (broad SMARTS) is 1. The van der Waals surface area contributed by atoms with Crippen molar-refractivity contribution in [3.63, 3.8) is 0 Å². The van der Waals surface area contributed by atoms with Gasteiger partial charge in [-0.05, 0) is 90.6 Å². The summed E-state index contributed by atoms with van der Waals surface area (Å²) in [6.45, 7) is 0.895. The standard InChI is InChI=1S/C29H31N3O4/c30-24-10-12-25(13-11-24)31-29(35)32-15-16-36-27-18-23(9-14-26(27)32)22-7-5-21(6-8-22)20-3-1-19(2-4-20)17-28(33)34/h5-14,18-20H,1-4,15-17,30H2,(H,31,35)(H,33,34). The lowest BCUT2D eigenvalue weighted by molar-refractivity contribution is -0.138. The third-order valence-corrected chi connectivity index (χ3v) is 7.26. The molecule has 0 saturated heterocycles. The summed E-state index contributed by atoms with van der Waals surface area (Å²) >= 11 is 0. The number of urea groups is 1. The Labute approximate surface area is 210 Å². The molecule has 0 atom stereocenters. The molecule has 1 aliphatic heterocycles. The number of anilines is 3. The van der Waals surface area contributed by atoms with Gasteiger partial charge in [0.05, 0.1) is 12.2 Å². The first-order chi connectivity index (χ1) is 17.5. The molecule has 1 heterocycles. The molecule has 5 rings (SSSR count). The smallest absolute Gasteiger partial charge is 0.326 e. The number of rotatable bonds is 5. The Kier molecular flexibility index (Phi) is 6.80. The van der Waals surface area contributed by atoms with Gasteiger partial charge in [0, 0.05) is 17.8 Å². The molecule has 7 nitrogen and oxygen atoms in total. The molecule has 0 unspecified atom stereocenters. The SMILES string of the molecule is Nc1ccc(NC(=O)N2CCOc3cc(-c4ccc(C5CCC(CC(=O)O)CC5)cc4)ccc32)cc1. The Hall–Kier alpha value is -4.00. The van der Waals surface area contributed by atoms with Crippen LogP contribution < -0.4 is 20.7 Å². The lowest BCUT2D eigenvalue weighted by atomic mass is 9.77. The van der Waals surface area contributed by atoms with Gasteiger partial charge in [0.15, 0.2) is 0 Å². The van der Waals surface area contributed by atoms with Gasteiger partial charge in [-0.15, -0.1) is 0 Å². The summed E-state index contributed by atoms with van der Waals surface area (Å²) in [7, 11) is 0. The third-order valence-electron chi connectivity index (χ3n) is 7.26. The molecule has 3 aromatic rings. The molecule has 7 heteroatoms. The Morgan fingerprint density at radius 1 is 0.944 bits per heavy atom. The minimum atomic E-state index is -0.692. The highest BCUT2D eigenvalue weighted by molar-refractivity contribution is 6.03. The van der Waals surface area contributed by atoms with Gasteiger partial charge in [0.2, 0.25) is 0 Å². The summed E-state index contributed by atoms with van der Waals surface area (Å²) in [4.78, 5) is 25.6.